The average molecular weight is 364 g/mol. The van der Waals surface area contributed by atoms with Crippen molar-refractivity contribution in [2.24, 2.45) is 0 Å². The number of halogens is 2. The Balaban J connectivity index is 2.18. The number of rotatable bonds is 6. The van der Waals surface area contributed by atoms with Gasteiger partial charge in [0.2, 0.25) is 5.75 Å². The lowest BCUT2D eigenvalue weighted by atomic mass is 9.88. The summed E-state index contributed by atoms with van der Waals surface area (Å²) in [4.78, 5) is 10.3. The lowest BCUT2D eigenvalue weighted by molar-refractivity contribution is -0.386. The van der Waals surface area contributed by atoms with Crippen molar-refractivity contribution in [2.75, 3.05) is 6.61 Å². The Kier molecular flexibility index (Phi) is 5.13. The van der Waals surface area contributed by atoms with E-state index < -0.39 is 34.7 Å². The van der Waals surface area contributed by atoms with Crippen molar-refractivity contribution >= 4 is 21.6 Å². The van der Waals surface area contributed by atoms with Gasteiger partial charge in [-0.2, -0.15) is 0 Å². The zero-order valence-electron chi connectivity index (χ0n) is 11.3. The number of hydrogen-bond donors (Lipinski definition) is 1. The largest absolute Gasteiger partial charge is 0.480 e. The third kappa shape index (κ3) is 3.50. The quantitative estimate of drug-likeness (QED) is 0.620. The van der Waals surface area contributed by atoms with Crippen LogP contribution in [0.4, 0.5) is 10.1 Å². The lowest BCUT2D eigenvalue weighted by Gasteiger charge is -2.40. The molecule has 0 aromatic heterocycles. The number of aliphatic hydroxyl groups is 1. The molecule has 21 heavy (non-hydrogen) atoms. The maximum Gasteiger partial charge on any atom is 0.315 e. The summed E-state index contributed by atoms with van der Waals surface area (Å²) < 4.78 is 24.4. The fourth-order valence-corrected chi connectivity index (χ4v) is 2.61. The summed E-state index contributed by atoms with van der Waals surface area (Å²) in [5.41, 5.74) is -0.461. The van der Waals surface area contributed by atoms with Crippen LogP contribution < -0.4 is 4.74 Å². The van der Waals surface area contributed by atoms with Crippen molar-refractivity contribution in [1.82, 2.24) is 0 Å². The summed E-state index contributed by atoms with van der Waals surface area (Å²) in [6.07, 6.45) is -0.570. The molecule has 1 aromatic carbocycles. The predicted molar refractivity (Wildman–Crippen MR) is 75.8 cm³/mol. The second-order valence-electron chi connectivity index (χ2n) is 4.79. The highest BCUT2D eigenvalue weighted by Crippen LogP contribution is 2.39. The van der Waals surface area contributed by atoms with E-state index in [0.717, 1.165) is 18.6 Å². The molecule has 1 saturated carbocycles. The highest BCUT2D eigenvalue weighted by Gasteiger charge is 2.44. The van der Waals surface area contributed by atoms with E-state index in [0.29, 0.717) is 13.0 Å². The van der Waals surface area contributed by atoms with Crippen molar-refractivity contribution < 1.29 is 23.9 Å². The second-order valence-corrected chi connectivity index (χ2v) is 5.64. The smallest absolute Gasteiger partial charge is 0.315 e. The molecule has 1 aliphatic rings. The number of nitro benzene ring substituents is 1. The molecule has 1 fully saturated rings. The first kappa shape index (κ1) is 16.1. The van der Waals surface area contributed by atoms with E-state index in [-0.39, 0.29) is 10.2 Å². The van der Waals surface area contributed by atoms with Gasteiger partial charge in [-0.05, 0) is 28.4 Å². The Morgan fingerprint density at radius 1 is 1.57 bits per heavy atom. The molecule has 0 spiro atoms. The van der Waals surface area contributed by atoms with Crippen LogP contribution in [0.2, 0.25) is 0 Å². The predicted octanol–water partition coefficient (Wildman–Crippen LogP) is 2.80. The summed E-state index contributed by atoms with van der Waals surface area (Å²) in [5, 5.41) is 20.7. The Hall–Kier alpha value is -1.25. The van der Waals surface area contributed by atoms with Gasteiger partial charge in [-0.15, -0.1) is 0 Å². The molecule has 0 aliphatic heterocycles. The summed E-state index contributed by atoms with van der Waals surface area (Å²) in [6.45, 7) is 2.40. The van der Waals surface area contributed by atoms with Gasteiger partial charge in [0.25, 0.3) is 0 Å². The van der Waals surface area contributed by atoms with Gasteiger partial charge in [-0.1, -0.05) is 6.92 Å². The highest BCUT2D eigenvalue weighted by atomic mass is 79.9. The van der Waals surface area contributed by atoms with Gasteiger partial charge in [-0.3, -0.25) is 10.1 Å². The number of nitrogens with zero attached hydrogens (tertiary/aromatic N) is 1. The zero-order valence-corrected chi connectivity index (χ0v) is 12.9. The van der Waals surface area contributed by atoms with Crippen molar-refractivity contribution in [1.29, 1.82) is 0 Å². The van der Waals surface area contributed by atoms with Crippen LogP contribution >= 0.6 is 15.9 Å². The summed E-state index contributed by atoms with van der Waals surface area (Å²) >= 11 is 3.06. The second kappa shape index (κ2) is 6.67. The maximum atomic E-state index is 13.3. The molecule has 8 heteroatoms. The van der Waals surface area contributed by atoms with E-state index in [1.807, 2.05) is 6.92 Å². The highest BCUT2D eigenvalue weighted by molar-refractivity contribution is 9.10. The topological polar surface area (TPSA) is 81.8 Å². The average Bonchev–Trinajstić information content (AvgIpc) is 2.40. The molecule has 2 rings (SSSR count). The van der Waals surface area contributed by atoms with Crippen LogP contribution in [0.15, 0.2) is 16.6 Å². The molecule has 0 radical (unpaired) electrons. The van der Waals surface area contributed by atoms with Crippen LogP contribution in [0.5, 0.6) is 5.75 Å². The van der Waals surface area contributed by atoms with Gasteiger partial charge in [0, 0.05) is 13.0 Å². The molecule has 6 nitrogen and oxygen atoms in total. The molecule has 0 amide bonds. The van der Waals surface area contributed by atoms with Crippen molar-refractivity contribution in [3.63, 3.8) is 0 Å². The Labute approximate surface area is 129 Å². The minimum Gasteiger partial charge on any atom is -0.480 e. The minimum absolute atomic E-state index is 0.0524. The van der Waals surface area contributed by atoms with Gasteiger partial charge in [0.1, 0.15) is 18.0 Å². The number of aliphatic hydroxyl groups excluding tert-OH is 1. The van der Waals surface area contributed by atoms with Crippen molar-refractivity contribution in [3.05, 3.63) is 32.5 Å². The lowest BCUT2D eigenvalue weighted by Crippen LogP contribution is -2.55. The van der Waals surface area contributed by atoms with E-state index in [1.54, 1.807) is 0 Å². The molecule has 116 valence electrons. The van der Waals surface area contributed by atoms with Crippen LogP contribution in [-0.4, -0.2) is 34.9 Å². The van der Waals surface area contributed by atoms with E-state index >= 15 is 0 Å². The van der Waals surface area contributed by atoms with E-state index in [2.05, 4.69) is 15.9 Å². The number of hydrogen-bond acceptors (Lipinski definition) is 5. The first-order chi connectivity index (χ1) is 9.93. The van der Waals surface area contributed by atoms with E-state index in [1.165, 1.54) is 0 Å². The molecule has 0 heterocycles. The summed E-state index contributed by atoms with van der Waals surface area (Å²) in [5.74, 6) is -0.781. The number of nitro groups is 1. The molecule has 1 aromatic rings. The molecule has 0 bridgehead atoms. The van der Waals surface area contributed by atoms with Crippen LogP contribution in [0.1, 0.15) is 19.8 Å². The Morgan fingerprint density at radius 3 is 2.86 bits per heavy atom. The first-order valence-corrected chi connectivity index (χ1v) is 7.33. The van der Waals surface area contributed by atoms with Crippen LogP contribution in [0, 0.1) is 15.9 Å². The molecule has 0 saturated heterocycles. The number of ether oxygens (including phenoxy) is 2. The SMILES string of the molecule is CCCOC1C(O)CC1Oc1c(Br)cc(F)cc1[N+](=O)[O-]. The van der Waals surface area contributed by atoms with E-state index in [9.17, 15) is 19.6 Å². The third-order valence-corrected chi connectivity index (χ3v) is 3.78. The third-order valence-electron chi connectivity index (χ3n) is 3.19. The van der Waals surface area contributed by atoms with Crippen LogP contribution in [0.3, 0.4) is 0 Å². The fraction of sp³-hybridized carbons (Fsp3) is 0.538. The van der Waals surface area contributed by atoms with E-state index in [4.69, 9.17) is 9.47 Å². The van der Waals surface area contributed by atoms with Gasteiger partial charge < -0.3 is 14.6 Å². The number of benzene rings is 1. The molecule has 1 N–H and O–H groups in total. The van der Waals surface area contributed by atoms with Crippen molar-refractivity contribution in [3.8, 4) is 5.75 Å². The van der Waals surface area contributed by atoms with Crippen molar-refractivity contribution in [2.45, 2.75) is 38.1 Å². The molecular weight excluding hydrogens is 349 g/mol. The molecule has 3 unspecified atom stereocenters. The van der Waals surface area contributed by atoms with Crippen LogP contribution in [-0.2, 0) is 4.74 Å². The van der Waals surface area contributed by atoms with Gasteiger partial charge in [-0.25, -0.2) is 4.39 Å². The normalized spacial score (nSPS) is 24.5. The van der Waals surface area contributed by atoms with Gasteiger partial charge >= 0.3 is 5.69 Å². The fourth-order valence-electron chi connectivity index (χ4n) is 2.10. The molecule has 3 atom stereocenters. The van der Waals surface area contributed by atoms with Gasteiger partial charge in [0.05, 0.1) is 21.6 Å². The Bertz CT molecular complexity index is 542. The van der Waals surface area contributed by atoms with Gasteiger partial charge in [0.15, 0.2) is 0 Å². The maximum absolute atomic E-state index is 13.3. The Morgan fingerprint density at radius 2 is 2.29 bits per heavy atom. The first-order valence-electron chi connectivity index (χ1n) is 6.53. The summed E-state index contributed by atoms with van der Waals surface area (Å²) in [6, 6.07) is 1.90. The standard InChI is InChI=1S/C13H15BrFNO5/c1-2-3-20-13-10(17)6-11(13)21-12-8(14)4-7(15)5-9(12)16(18)19/h4-5,10-11,13,17H,2-3,6H2,1H3. The monoisotopic (exact) mass is 363 g/mol. The molecule has 1 aliphatic carbocycles. The molecular formula is C13H15BrFNO5. The summed E-state index contributed by atoms with van der Waals surface area (Å²) in [7, 11) is 0. The van der Waals surface area contributed by atoms with Crippen LogP contribution in [0.25, 0.3) is 0 Å². The zero-order chi connectivity index (χ0) is 15.6. The minimum atomic E-state index is -0.728.